The Hall–Kier alpha value is -1.10. The number of carbonyl (C=O) groups is 2. The van der Waals surface area contributed by atoms with Crippen LogP contribution in [-0.4, -0.2) is 36.7 Å². The topological polar surface area (TPSA) is 55.8 Å². The molecule has 20 heavy (non-hydrogen) atoms. The van der Waals surface area contributed by atoms with Gasteiger partial charge in [-0.05, 0) is 25.7 Å². The van der Waals surface area contributed by atoms with E-state index in [1.807, 2.05) is 6.92 Å². The van der Waals surface area contributed by atoms with Crippen LogP contribution in [0.5, 0.6) is 0 Å². The van der Waals surface area contributed by atoms with Crippen molar-refractivity contribution in [1.82, 2.24) is 5.06 Å². The van der Waals surface area contributed by atoms with Crippen molar-refractivity contribution in [2.24, 2.45) is 11.8 Å². The van der Waals surface area contributed by atoms with Crippen molar-refractivity contribution in [2.75, 3.05) is 19.8 Å². The molecule has 0 unspecified atom stereocenters. The van der Waals surface area contributed by atoms with Crippen molar-refractivity contribution < 1.29 is 19.2 Å². The molecule has 1 aliphatic heterocycles. The summed E-state index contributed by atoms with van der Waals surface area (Å²) in [6, 6.07) is 0. The molecule has 0 bridgehead atoms. The molecule has 5 heteroatoms. The van der Waals surface area contributed by atoms with E-state index in [4.69, 9.17) is 9.57 Å². The fourth-order valence-electron chi connectivity index (χ4n) is 3.03. The highest BCUT2D eigenvalue weighted by Gasteiger charge is 2.29. The maximum atomic E-state index is 12.3. The van der Waals surface area contributed by atoms with Gasteiger partial charge >= 0.3 is 5.97 Å². The third-order valence-electron chi connectivity index (χ3n) is 4.11. The number of hydrogen-bond donors (Lipinski definition) is 0. The van der Waals surface area contributed by atoms with Crippen molar-refractivity contribution in [1.29, 1.82) is 0 Å². The van der Waals surface area contributed by atoms with E-state index in [-0.39, 0.29) is 17.8 Å². The Labute approximate surface area is 120 Å². The summed E-state index contributed by atoms with van der Waals surface area (Å²) in [5.41, 5.74) is 0. The molecule has 0 aromatic rings. The van der Waals surface area contributed by atoms with Crippen LogP contribution in [0.3, 0.4) is 0 Å². The van der Waals surface area contributed by atoms with Gasteiger partial charge in [0.2, 0.25) is 5.91 Å². The Morgan fingerprint density at radius 3 is 2.65 bits per heavy atom. The monoisotopic (exact) mass is 283 g/mol. The minimum atomic E-state index is -0.196. The molecule has 1 saturated heterocycles. The van der Waals surface area contributed by atoms with Gasteiger partial charge in [0.05, 0.1) is 26.2 Å². The number of hydroxylamine groups is 2. The molecule has 2 aliphatic rings. The molecule has 0 aromatic heterocycles. The van der Waals surface area contributed by atoms with Gasteiger partial charge in [0.1, 0.15) is 0 Å². The summed E-state index contributed by atoms with van der Waals surface area (Å²) < 4.78 is 4.91. The van der Waals surface area contributed by atoms with Crippen LogP contribution in [0.1, 0.15) is 51.9 Å². The fourth-order valence-corrected chi connectivity index (χ4v) is 3.03. The van der Waals surface area contributed by atoms with Gasteiger partial charge in [-0.1, -0.05) is 19.3 Å². The molecule has 1 saturated carbocycles. The third-order valence-corrected chi connectivity index (χ3v) is 4.11. The Morgan fingerprint density at radius 2 is 2.05 bits per heavy atom. The van der Waals surface area contributed by atoms with Gasteiger partial charge in [0.15, 0.2) is 0 Å². The van der Waals surface area contributed by atoms with Crippen LogP contribution in [-0.2, 0) is 19.2 Å². The Kier molecular flexibility index (Phi) is 5.83. The summed E-state index contributed by atoms with van der Waals surface area (Å²) in [6.45, 7) is 3.45. The zero-order valence-corrected chi connectivity index (χ0v) is 12.3. The maximum Gasteiger partial charge on any atom is 0.306 e. The van der Waals surface area contributed by atoms with Crippen LogP contribution < -0.4 is 0 Å². The molecule has 114 valence electrons. The number of ether oxygens (including phenoxy) is 1. The van der Waals surface area contributed by atoms with Gasteiger partial charge in [-0.15, -0.1) is 0 Å². The summed E-state index contributed by atoms with van der Waals surface area (Å²) in [7, 11) is 0. The minimum Gasteiger partial charge on any atom is -0.465 e. The molecule has 1 aliphatic carbocycles. The van der Waals surface area contributed by atoms with Gasteiger partial charge in [-0.2, -0.15) is 0 Å². The second-order valence-electron chi connectivity index (χ2n) is 5.83. The zero-order chi connectivity index (χ0) is 14.4. The zero-order valence-electron chi connectivity index (χ0n) is 12.3. The van der Waals surface area contributed by atoms with Crippen LogP contribution in [0, 0.1) is 11.8 Å². The lowest BCUT2D eigenvalue weighted by Crippen LogP contribution is -2.37. The molecular formula is C15H25NO4. The first kappa shape index (κ1) is 15.3. The number of amides is 1. The summed E-state index contributed by atoms with van der Waals surface area (Å²) in [4.78, 5) is 28.9. The molecule has 0 aromatic carbocycles. The first-order valence-electron chi connectivity index (χ1n) is 7.78. The number of cyclic esters (lactones) is 1. The second kappa shape index (κ2) is 7.62. The van der Waals surface area contributed by atoms with Crippen molar-refractivity contribution in [3.05, 3.63) is 0 Å². The molecule has 5 nitrogen and oxygen atoms in total. The van der Waals surface area contributed by atoms with Crippen molar-refractivity contribution in [2.45, 2.75) is 51.9 Å². The average molecular weight is 283 g/mol. The van der Waals surface area contributed by atoms with Crippen molar-refractivity contribution >= 4 is 11.9 Å². The Bertz CT molecular complexity index is 339. The smallest absolute Gasteiger partial charge is 0.306 e. The molecular weight excluding hydrogens is 258 g/mol. The number of carbonyl (C=O) groups excluding carboxylic acids is 2. The number of esters is 1. The van der Waals surface area contributed by atoms with E-state index in [0.717, 1.165) is 0 Å². The van der Waals surface area contributed by atoms with Crippen LogP contribution in [0.2, 0.25) is 0 Å². The van der Waals surface area contributed by atoms with Crippen LogP contribution in [0.15, 0.2) is 0 Å². The summed E-state index contributed by atoms with van der Waals surface area (Å²) >= 11 is 0. The van der Waals surface area contributed by atoms with Gasteiger partial charge in [0.25, 0.3) is 0 Å². The first-order chi connectivity index (χ1) is 9.69. The van der Waals surface area contributed by atoms with E-state index in [1.165, 1.54) is 37.2 Å². The van der Waals surface area contributed by atoms with Gasteiger partial charge in [-0.25, -0.2) is 5.06 Å². The molecule has 2 rings (SSSR count). The maximum absolute atomic E-state index is 12.3. The van der Waals surface area contributed by atoms with E-state index in [1.54, 1.807) is 0 Å². The Balaban J connectivity index is 1.82. The average Bonchev–Trinajstić information content (AvgIpc) is 2.85. The number of nitrogens with zero attached hydrogens (tertiary/aromatic N) is 1. The van der Waals surface area contributed by atoms with Gasteiger partial charge < -0.3 is 4.74 Å². The highest BCUT2D eigenvalue weighted by Crippen LogP contribution is 2.25. The number of hydrogen-bond acceptors (Lipinski definition) is 4. The quantitative estimate of drug-likeness (QED) is 0.554. The second-order valence-corrected chi connectivity index (χ2v) is 5.83. The summed E-state index contributed by atoms with van der Waals surface area (Å²) in [5.74, 6) is 0.365. The normalized spacial score (nSPS) is 23.6. The largest absolute Gasteiger partial charge is 0.465 e. The predicted molar refractivity (Wildman–Crippen MR) is 73.6 cm³/mol. The lowest BCUT2D eigenvalue weighted by atomic mass is 9.89. The summed E-state index contributed by atoms with van der Waals surface area (Å²) in [5, 5.41) is 1.53. The predicted octanol–water partition coefficient (Wildman–Crippen LogP) is 2.30. The van der Waals surface area contributed by atoms with Crippen LogP contribution in [0.4, 0.5) is 0 Å². The van der Waals surface area contributed by atoms with E-state index < -0.39 is 0 Å². The molecule has 1 atom stereocenters. The highest BCUT2D eigenvalue weighted by atomic mass is 16.7. The lowest BCUT2D eigenvalue weighted by molar-refractivity contribution is -0.190. The molecule has 1 amide bonds. The molecule has 2 fully saturated rings. The fraction of sp³-hybridized carbons (Fsp3) is 0.867. The van der Waals surface area contributed by atoms with Gasteiger partial charge in [0, 0.05) is 12.3 Å². The van der Waals surface area contributed by atoms with Crippen LogP contribution >= 0.6 is 0 Å². The molecule has 0 radical (unpaired) electrons. The molecule has 0 N–H and O–H groups in total. The van der Waals surface area contributed by atoms with Crippen molar-refractivity contribution in [3.8, 4) is 0 Å². The van der Waals surface area contributed by atoms with E-state index >= 15 is 0 Å². The van der Waals surface area contributed by atoms with Crippen LogP contribution in [0.25, 0.3) is 0 Å². The van der Waals surface area contributed by atoms with E-state index in [9.17, 15) is 9.59 Å². The SMILES string of the molecule is CCON(CC1CCCCC1)C(=O)C[C@H]1COC(=O)C1. The van der Waals surface area contributed by atoms with E-state index in [2.05, 4.69) is 0 Å². The number of rotatable bonds is 6. The van der Waals surface area contributed by atoms with E-state index in [0.29, 0.717) is 38.5 Å². The standard InChI is InChI=1S/C15H25NO4/c1-2-20-16(10-12-6-4-3-5-7-12)14(17)8-13-9-15(18)19-11-13/h12-13H,2-11H2,1H3/t13-/m1/s1. The lowest BCUT2D eigenvalue weighted by Gasteiger charge is -2.29. The first-order valence-corrected chi connectivity index (χ1v) is 7.78. The summed E-state index contributed by atoms with van der Waals surface area (Å²) in [6.07, 6.45) is 6.88. The molecule has 0 spiro atoms. The third kappa shape index (κ3) is 4.47. The van der Waals surface area contributed by atoms with Crippen molar-refractivity contribution in [3.63, 3.8) is 0 Å². The minimum absolute atomic E-state index is 0.0132. The highest BCUT2D eigenvalue weighted by molar-refractivity contribution is 5.78. The van der Waals surface area contributed by atoms with Gasteiger partial charge in [-0.3, -0.25) is 14.4 Å². The Morgan fingerprint density at radius 1 is 1.30 bits per heavy atom. The molecule has 1 heterocycles.